The van der Waals surface area contributed by atoms with E-state index in [0.717, 1.165) is 38.2 Å². The number of urea groups is 1. The molecule has 1 atom stereocenters. The van der Waals surface area contributed by atoms with Crippen LogP contribution in [0.15, 0.2) is 18.2 Å². The average Bonchev–Trinajstić information content (AvgIpc) is 2.72. The van der Waals surface area contributed by atoms with Gasteiger partial charge in [0.2, 0.25) is 0 Å². The van der Waals surface area contributed by atoms with Gasteiger partial charge in [0, 0.05) is 18.3 Å². The quantitative estimate of drug-likeness (QED) is 0.900. The third kappa shape index (κ3) is 3.75. The number of primary amides is 1. The highest BCUT2D eigenvalue weighted by Gasteiger charge is 2.24. The molecule has 120 valence electrons. The SMILES string of the molecule is CC[C@H]1CCCCCN1C(=O)Nc1ccc(C(N)=O)c(F)c1. The molecular weight excluding hydrogens is 285 g/mol. The van der Waals surface area contributed by atoms with Gasteiger partial charge in [0.05, 0.1) is 5.56 Å². The molecule has 0 spiro atoms. The van der Waals surface area contributed by atoms with E-state index in [9.17, 15) is 14.0 Å². The summed E-state index contributed by atoms with van der Waals surface area (Å²) in [6.07, 6.45) is 5.15. The van der Waals surface area contributed by atoms with Crippen molar-refractivity contribution in [3.05, 3.63) is 29.6 Å². The van der Waals surface area contributed by atoms with Gasteiger partial charge in [-0.25, -0.2) is 9.18 Å². The Morgan fingerprint density at radius 1 is 1.36 bits per heavy atom. The zero-order valence-electron chi connectivity index (χ0n) is 12.8. The Balaban J connectivity index is 2.10. The van der Waals surface area contributed by atoms with Crippen molar-refractivity contribution in [1.29, 1.82) is 0 Å². The second-order valence-electron chi connectivity index (χ2n) is 5.59. The summed E-state index contributed by atoms with van der Waals surface area (Å²) in [6, 6.07) is 3.89. The number of likely N-dealkylation sites (tertiary alicyclic amines) is 1. The molecule has 1 saturated heterocycles. The Morgan fingerprint density at radius 2 is 2.14 bits per heavy atom. The average molecular weight is 307 g/mol. The van der Waals surface area contributed by atoms with Crippen molar-refractivity contribution in [2.24, 2.45) is 5.73 Å². The number of carbonyl (C=O) groups is 2. The van der Waals surface area contributed by atoms with E-state index in [-0.39, 0.29) is 17.6 Å². The Hall–Kier alpha value is -2.11. The number of halogens is 1. The number of nitrogens with zero attached hydrogens (tertiary/aromatic N) is 1. The predicted molar refractivity (Wildman–Crippen MR) is 83.2 cm³/mol. The molecule has 2 rings (SSSR count). The summed E-state index contributed by atoms with van der Waals surface area (Å²) >= 11 is 0. The molecule has 1 aliphatic heterocycles. The molecule has 22 heavy (non-hydrogen) atoms. The fraction of sp³-hybridized carbons (Fsp3) is 0.500. The number of anilines is 1. The van der Waals surface area contributed by atoms with Gasteiger partial charge in [-0.3, -0.25) is 4.79 Å². The van der Waals surface area contributed by atoms with Crippen molar-refractivity contribution < 1.29 is 14.0 Å². The molecule has 1 fully saturated rings. The van der Waals surface area contributed by atoms with Crippen LogP contribution in [-0.4, -0.2) is 29.4 Å². The summed E-state index contributed by atoms with van der Waals surface area (Å²) in [5.41, 5.74) is 5.21. The minimum atomic E-state index is -0.825. The van der Waals surface area contributed by atoms with Gasteiger partial charge in [-0.15, -0.1) is 0 Å². The van der Waals surface area contributed by atoms with Crippen molar-refractivity contribution in [1.82, 2.24) is 4.90 Å². The van der Waals surface area contributed by atoms with Gasteiger partial charge < -0.3 is 16.0 Å². The van der Waals surface area contributed by atoms with Crippen LogP contribution in [0.5, 0.6) is 0 Å². The Morgan fingerprint density at radius 3 is 2.77 bits per heavy atom. The topological polar surface area (TPSA) is 75.4 Å². The van der Waals surface area contributed by atoms with Gasteiger partial charge in [-0.1, -0.05) is 19.8 Å². The van der Waals surface area contributed by atoms with Crippen LogP contribution in [0.4, 0.5) is 14.9 Å². The van der Waals surface area contributed by atoms with Gasteiger partial charge in [0.1, 0.15) is 5.82 Å². The second-order valence-corrected chi connectivity index (χ2v) is 5.59. The molecule has 1 heterocycles. The minimum absolute atomic E-state index is 0.181. The van der Waals surface area contributed by atoms with Gasteiger partial charge in [0.25, 0.3) is 5.91 Å². The molecule has 0 unspecified atom stereocenters. The number of benzene rings is 1. The zero-order valence-corrected chi connectivity index (χ0v) is 12.8. The van der Waals surface area contributed by atoms with E-state index in [1.165, 1.54) is 12.1 Å². The number of carbonyl (C=O) groups excluding carboxylic acids is 2. The first-order chi connectivity index (χ1) is 10.5. The lowest BCUT2D eigenvalue weighted by Crippen LogP contribution is -2.42. The fourth-order valence-electron chi connectivity index (χ4n) is 2.86. The minimum Gasteiger partial charge on any atom is -0.366 e. The number of amides is 3. The molecule has 0 saturated carbocycles. The maximum Gasteiger partial charge on any atom is 0.322 e. The van der Waals surface area contributed by atoms with Crippen LogP contribution in [0.3, 0.4) is 0 Å². The molecule has 1 aromatic carbocycles. The van der Waals surface area contributed by atoms with E-state index >= 15 is 0 Å². The summed E-state index contributed by atoms with van der Waals surface area (Å²) in [5, 5.41) is 2.71. The summed E-state index contributed by atoms with van der Waals surface area (Å²) in [5.74, 6) is -1.55. The standard InChI is InChI=1S/C16H22FN3O2/c1-2-12-6-4-3-5-9-20(12)16(22)19-11-7-8-13(15(18)21)14(17)10-11/h7-8,10,12H,2-6,9H2,1H3,(H2,18,21)(H,19,22)/t12-/m0/s1. The molecular formula is C16H22FN3O2. The van der Waals surface area contributed by atoms with Gasteiger partial charge in [-0.2, -0.15) is 0 Å². The van der Waals surface area contributed by atoms with E-state index in [1.54, 1.807) is 0 Å². The maximum atomic E-state index is 13.7. The second kappa shape index (κ2) is 7.24. The Labute approximate surface area is 129 Å². The fourth-order valence-corrected chi connectivity index (χ4v) is 2.86. The molecule has 0 bridgehead atoms. The predicted octanol–water partition coefficient (Wildman–Crippen LogP) is 3.11. The lowest BCUT2D eigenvalue weighted by Gasteiger charge is -2.29. The maximum absolute atomic E-state index is 13.7. The van der Waals surface area contributed by atoms with Crippen LogP contribution in [0.2, 0.25) is 0 Å². The highest BCUT2D eigenvalue weighted by molar-refractivity contribution is 5.94. The van der Waals surface area contributed by atoms with Crippen LogP contribution in [-0.2, 0) is 0 Å². The smallest absolute Gasteiger partial charge is 0.322 e. The molecule has 0 aromatic heterocycles. The largest absolute Gasteiger partial charge is 0.366 e. The van der Waals surface area contributed by atoms with Gasteiger partial charge in [0.15, 0.2) is 0 Å². The summed E-state index contributed by atoms with van der Waals surface area (Å²) < 4.78 is 13.7. The molecule has 0 aliphatic carbocycles. The monoisotopic (exact) mass is 307 g/mol. The first-order valence-electron chi connectivity index (χ1n) is 7.70. The Bertz CT molecular complexity index is 562. The van der Waals surface area contributed by atoms with E-state index < -0.39 is 11.7 Å². The molecule has 1 aromatic rings. The van der Waals surface area contributed by atoms with Crippen molar-refractivity contribution >= 4 is 17.6 Å². The number of hydrogen-bond acceptors (Lipinski definition) is 2. The zero-order chi connectivity index (χ0) is 16.1. The van der Waals surface area contributed by atoms with Crippen LogP contribution in [0.25, 0.3) is 0 Å². The van der Waals surface area contributed by atoms with Crippen molar-refractivity contribution in [3.63, 3.8) is 0 Å². The van der Waals surface area contributed by atoms with Crippen molar-refractivity contribution in [3.8, 4) is 0 Å². The first-order valence-corrected chi connectivity index (χ1v) is 7.70. The van der Waals surface area contributed by atoms with Gasteiger partial charge in [-0.05, 0) is 37.5 Å². The van der Waals surface area contributed by atoms with Crippen molar-refractivity contribution in [2.75, 3.05) is 11.9 Å². The summed E-state index contributed by atoms with van der Waals surface area (Å²) in [7, 11) is 0. The molecule has 3 N–H and O–H groups in total. The molecule has 3 amide bonds. The number of nitrogens with one attached hydrogen (secondary N) is 1. The highest BCUT2D eigenvalue weighted by Crippen LogP contribution is 2.21. The molecule has 1 aliphatic rings. The van der Waals surface area contributed by atoms with Crippen molar-refractivity contribution in [2.45, 2.75) is 45.1 Å². The van der Waals surface area contributed by atoms with E-state index in [0.29, 0.717) is 12.2 Å². The molecule has 5 nitrogen and oxygen atoms in total. The highest BCUT2D eigenvalue weighted by atomic mass is 19.1. The van der Waals surface area contributed by atoms with Crippen LogP contribution < -0.4 is 11.1 Å². The van der Waals surface area contributed by atoms with Crippen LogP contribution in [0, 0.1) is 5.82 Å². The van der Waals surface area contributed by atoms with E-state index in [4.69, 9.17) is 5.73 Å². The third-order valence-corrected chi connectivity index (χ3v) is 4.10. The number of hydrogen-bond donors (Lipinski definition) is 2. The number of rotatable bonds is 3. The molecule has 0 radical (unpaired) electrons. The normalized spacial score (nSPS) is 18.6. The third-order valence-electron chi connectivity index (χ3n) is 4.10. The number of nitrogens with two attached hydrogens (primary N) is 1. The van der Waals surface area contributed by atoms with Gasteiger partial charge >= 0.3 is 6.03 Å². The van der Waals surface area contributed by atoms with Crippen LogP contribution >= 0.6 is 0 Å². The lowest BCUT2D eigenvalue weighted by atomic mass is 10.1. The molecule has 6 heteroatoms. The summed E-state index contributed by atoms with van der Waals surface area (Å²) in [4.78, 5) is 25.3. The Kier molecular flexibility index (Phi) is 5.35. The summed E-state index contributed by atoms with van der Waals surface area (Å²) in [6.45, 7) is 2.78. The van der Waals surface area contributed by atoms with E-state index in [1.807, 2.05) is 4.90 Å². The first kappa shape index (κ1) is 16.3. The lowest BCUT2D eigenvalue weighted by molar-refractivity contribution is 0.0996. The van der Waals surface area contributed by atoms with Crippen LogP contribution in [0.1, 0.15) is 49.4 Å². The van der Waals surface area contributed by atoms with E-state index in [2.05, 4.69) is 12.2 Å².